The lowest BCUT2D eigenvalue weighted by molar-refractivity contribution is -0.112. The average Bonchev–Trinajstić information content (AvgIpc) is 2.82. The molecule has 2 aliphatic rings. The maximum absolute atomic E-state index is 13.7. The van der Waals surface area contributed by atoms with Crippen LogP contribution in [0.1, 0.15) is 118 Å². The van der Waals surface area contributed by atoms with Crippen molar-refractivity contribution in [2.45, 2.75) is 114 Å². The maximum atomic E-state index is 13.7. The second kappa shape index (κ2) is 11.8. The molecule has 1 aliphatic carbocycles. The van der Waals surface area contributed by atoms with E-state index in [4.69, 9.17) is 0 Å². The van der Waals surface area contributed by atoms with E-state index < -0.39 is 0 Å². The molecule has 0 spiro atoms. The molecule has 0 saturated heterocycles. The largest absolute Gasteiger partial charge is 0.384 e. The number of carbonyl (C=O) groups is 1. The molecule has 2 heterocycles. The van der Waals surface area contributed by atoms with Crippen LogP contribution in [0.5, 0.6) is 0 Å². The van der Waals surface area contributed by atoms with E-state index in [2.05, 4.69) is 132 Å². The number of hydrogen-bond acceptors (Lipinski definition) is 3. The molecule has 0 saturated carbocycles. The summed E-state index contributed by atoms with van der Waals surface area (Å²) >= 11 is 3.77. The first-order chi connectivity index (χ1) is 18.2. The van der Waals surface area contributed by atoms with Crippen LogP contribution >= 0.6 is 23.1 Å². The van der Waals surface area contributed by atoms with E-state index in [1.54, 1.807) is 0 Å². The van der Waals surface area contributed by atoms with E-state index in [-0.39, 0.29) is 27.4 Å². The van der Waals surface area contributed by atoms with Gasteiger partial charge >= 0.3 is 0 Å². The normalized spacial score (nSPS) is 18.1. The third-order valence-electron chi connectivity index (χ3n) is 7.07. The highest BCUT2D eigenvalue weighted by molar-refractivity contribution is 8.06. The van der Waals surface area contributed by atoms with E-state index in [1.807, 2.05) is 23.1 Å². The predicted molar refractivity (Wildman–Crippen MR) is 180 cm³/mol. The van der Waals surface area contributed by atoms with E-state index >= 15 is 0 Å². The fraction of sp³-hybridized carbons (Fsp3) is 0.556. The third kappa shape index (κ3) is 7.88. The third-order valence-corrected chi connectivity index (χ3v) is 10.9. The molecule has 40 heavy (non-hydrogen) atoms. The highest BCUT2D eigenvalue weighted by Crippen LogP contribution is 2.49. The average molecular weight is 579 g/mol. The molecule has 0 unspecified atom stereocenters. The minimum Gasteiger partial charge on any atom is -0.384 e. The summed E-state index contributed by atoms with van der Waals surface area (Å²) in [4.78, 5) is 19.1. The van der Waals surface area contributed by atoms with Gasteiger partial charge in [0.1, 0.15) is 0 Å². The Labute approximate surface area is 253 Å². The fourth-order valence-corrected chi connectivity index (χ4v) is 6.81. The smallest absolute Gasteiger partial charge is 0.219 e. The lowest BCUT2D eigenvalue weighted by Gasteiger charge is -2.32. The van der Waals surface area contributed by atoms with Crippen LogP contribution in [0.2, 0.25) is 0 Å². The van der Waals surface area contributed by atoms with Crippen LogP contribution in [0.25, 0.3) is 6.08 Å². The molecule has 0 radical (unpaired) electrons. The van der Waals surface area contributed by atoms with Crippen molar-refractivity contribution >= 4 is 35.0 Å². The Bertz CT molecular complexity index is 1240. The molecule has 0 amide bonds. The molecular weight excluding hydrogens is 527 g/mol. The van der Waals surface area contributed by atoms with Crippen molar-refractivity contribution in [1.29, 1.82) is 0 Å². The van der Waals surface area contributed by atoms with Gasteiger partial charge in [-0.3, -0.25) is 4.79 Å². The summed E-state index contributed by atoms with van der Waals surface area (Å²) in [5.41, 5.74) is 4.98. The molecule has 1 aliphatic heterocycles. The Morgan fingerprint density at radius 3 is 1.70 bits per heavy atom. The zero-order chi connectivity index (χ0) is 30.3. The van der Waals surface area contributed by atoms with Gasteiger partial charge in [0.25, 0.3) is 0 Å². The Morgan fingerprint density at radius 1 is 0.775 bits per heavy atom. The second-order valence-corrected chi connectivity index (χ2v) is 17.5. The number of thioether (sulfide) groups is 1. The topological polar surface area (TPSA) is 29.1 Å². The molecule has 0 bridgehead atoms. The quantitative estimate of drug-likeness (QED) is 0.207. The molecule has 1 aromatic rings. The van der Waals surface area contributed by atoms with Gasteiger partial charge in [-0.25, -0.2) is 0 Å². The molecule has 4 heteroatoms. The van der Waals surface area contributed by atoms with E-state index in [0.717, 1.165) is 47.4 Å². The van der Waals surface area contributed by atoms with Gasteiger partial charge in [0.15, 0.2) is 5.78 Å². The maximum Gasteiger partial charge on any atom is 0.219 e. The summed E-state index contributed by atoms with van der Waals surface area (Å²) < 4.78 is 0. The van der Waals surface area contributed by atoms with Crippen molar-refractivity contribution in [3.8, 4) is 0 Å². The van der Waals surface area contributed by atoms with Crippen molar-refractivity contribution in [2.24, 2.45) is 10.8 Å². The monoisotopic (exact) mass is 578 g/mol. The number of rotatable bonds is 6. The number of ketones is 1. The predicted octanol–water partition coefficient (Wildman–Crippen LogP) is 10.8. The molecule has 1 N–H and O–H groups in total. The van der Waals surface area contributed by atoms with Crippen LogP contribution in [0.15, 0.2) is 62.6 Å². The summed E-state index contributed by atoms with van der Waals surface area (Å²) in [6.45, 7) is 30.2. The molecule has 0 aromatic carbocycles. The van der Waals surface area contributed by atoms with E-state index in [0.29, 0.717) is 0 Å². The first kappa shape index (κ1) is 32.6. The molecule has 2 nitrogen and oxygen atoms in total. The molecule has 0 atom stereocenters. The lowest BCUT2D eigenvalue weighted by atomic mass is 9.82. The Balaban J connectivity index is 2.16. The Kier molecular flexibility index (Phi) is 9.59. The number of carbonyl (C=O) groups excluding carboxylic acids is 1. The summed E-state index contributed by atoms with van der Waals surface area (Å²) in [5.74, 6) is 0.128. The van der Waals surface area contributed by atoms with Crippen molar-refractivity contribution < 1.29 is 4.79 Å². The number of unbranched alkanes of at least 4 members (excludes halogenated alkanes) is 1. The van der Waals surface area contributed by atoms with Crippen LogP contribution in [-0.2, 0) is 15.6 Å². The summed E-state index contributed by atoms with van der Waals surface area (Å²) in [5, 5.41) is 3.63. The molecule has 3 rings (SSSR count). The summed E-state index contributed by atoms with van der Waals surface area (Å²) in [6.07, 6.45) is 11.0. The Morgan fingerprint density at radius 2 is 1.27 bits per heavy atom. The first-order valence-corrected chi connectivity index (χ1v) is 16.4. The van der Waals surface area contributed by atoms with Gasteiger partial charge in [0.2, 0.25) is 21.1 Å². The first-order valence-electron chi connectivity index (χ1n) is 14.8. The minimum absolute atomic E-state index is 0.0453. The van der Waals surface area contributed by atoms with Crippen LogP contribution in [0, 0.1) is 10.8 Å². The van der Waals surface area contributed by atoms with Crippen LogP contribution in [-0.4, -0.2) is 12.3 Å². The highest BCUT2D eigenvalue weighted by Gasteiger charge is 2.35. The molecule has 0 fully saturated rings. The van der Waals surface area contributed by atoms with E-state index in [1.165, 1.54) is 19.6 Å². The van der Waals surface area contributed by atoms with Gasteiger partial charge < -0.3 is 5.32 Å². The van der Waals surface area contributed by atoms with Crippen molar-refractivity contribution in [1.82, 2.24) is 5.32 Å². The van der Waals surface area contributed by atoms with Gasteiger partial charge in [0.05, 0.1) is 5.70 Å². The van der Waals surface area contributed by atoms with Crippen LogP contribution < -0.4 is 5.32 Å². The van der Waals surface area contributed by atoms with Crippen molar-refractivity contribution in [3.05, 3.63) is 77.9 Å². The molecule has 1 aromatic heterocycles. The van der Waals surface area contributed by atoms with Gasteiger partial charge in [-0.05, 0) is 62.5 Å². The van der Waals surface area contributed by atoms with Gasteiger partial charge in [-0.2, -0.15) is 0 Å². The lowest BCUT2D eigenvalue weighted by Crippen LogP contribution is -2.31. The minimum atomic E-state index is 0.0453. The standard InChI is InChI=1S/C36H51NOS2/c1-14-15-16-37-31-25(17-23-19-27(33(2,3)4)39-28(20-23)34(5,6)7)32(38)26(31)18-24-21-29(35(8,9)10)40-30(22-24)36(11,12)13/h17-22H,14-16H2,1-13H3/p+1. The fourth-order valence-electron chi connectivity index (χ4n) is 4.33. The number of Topliss-reactive ketones (excluding diaryl/α,β-unsaturated/α-hetero) is 1. The Hall–Kier alpha value is -1.91. The van der Waals surface area contributed by atoms with Crippen LogP contribution in [0.3, 0.4) is 0 Å². The van der Waals surface area contributed by atoms with Gasteiger partial charge in [0, 0.05) is 40.7 Å². The van der Waals surface area contributed by atoms with Crippen LogP contribution in [0.4, 0.5) is 0 Å². The summed E-state index contributed by atoms with van der Waals surface area (Å²) in [7, 11) is 0. The zero-order valence-electron chi connectivity index (χ0n) is 27.3. The molecule has 218 valence electrons. The SMILES string of the molecule is CCCCNC1=C(C=C2C=C(C(C)(C)C)SC(C(C)(C)C)=C2)C(=O)C1=Cc1cc(C(C)(C)C)[s+]c(C(C)(C)C)c1. The van der Waals surface area contributed by atoms with Crippen molar-refractivity contribution in [2.75, 3.05) is 6.54 Å². The number of hydrogen-bond donors (Lipinski definition) is 1. The van der Waals surface area contributed by atoms with Gasteiger partial charge in [-0.1, -0.05) is 108 Å². The summed E-state index contributed by atoms with van der Waals surface area (Å²) in [6, 6.07) is 4.55. The number of allylic oxidation sites excluding steroid dienone is 8. The van der Waals surface area contributed by atoms with Gasteiger partial charge in [-0.15, -0.1) is 0 Å². The zero-order valence-corrected chi connectivity index (χ0v) is 28.9. The number of nitrogens with one attached hydrogen (secondary N) is 1. The highest BCUT2D eigenvalue weighted by atomic mass is 32.2. The molecular formula is C36H52NOS2+. The van der Waals surface area contributed by atoms with Crippen molar-refractivity contribution in [3.63, 3.8) is 0 Å². The second-order valence-electron chi connectivity index (χ2n) is 15.3. The van der Waals surface area contributed by atoms with E-state index in [9.17, 15) is 4.79 Å².